The van der Waals surface area contributed by atoms with Crippen LogP contribution in [-0.4, -0.2) is 57.3 Å². The van der Waals surface area contributed by atoms with Gasteiger partial charge < -0.3 is 19.7 Å². The zero-order valence-electron chi connectivity index (χ0n) is 27.0. The molecule has 4 aromatic rings. The number of carbonyl (C=O) groups is 1. The number of rotatable bonds is 9. The highest BCUT2D eigenvalue weighted by molar-refractivity contribution is 8.14. The lowest BCUT2D eigenvalue weighted by molar-refractivity contribution is -0.274. The van der Waals surface area contributed by atoms with Crippen molar-refractivity contribution in [3.63, 3.8) is 0 Å². The lowest BCUT2D eigenvalue weighted by atomic mass is 9.99. The third-order valence-electron chi connectivity index (χ3n) is 7.83. The number of anilines is 1. The minimum atomic E-state index is -4.78. The number of halogens is 4. The summed E-state index contributed by atoms with van der Waals surface area (Å²) in [5.74, 6) is 1.76. The number of ether oxygens (including phenoxy) is 2. The molecule has 1 saturated heterocycles. The molecule has 1 aromatic heterocycles. The zero-order chi connectivity index (χ0) is 34.6. The predicted octanol–water partition coefficient (Wildman–Crippen LogP) is 8.46. The Balaban J connectivity index is 1.25. The van der Waals surface area contributed by atoms with Crippen molar-refractivity contribution in [1.29, 1.82) is 0 Å². The van der Waals surface area contributed by atoms with Crippen molar-refractivity contribution in [3.05, 3.63) is 84.2 Å². The molecule has 2 amide bonds. The molecule has 3 unspecified atom stereocenters. The molecule has 2 heterocycles. The van der Waals surface area contributed by atoms with E-state index in [2.05, 4.69) is 50.8 Å². The van der Waals surface area contributed by atoms with Gasteiger partial charge in [-0.05, 0) is 79.8 Å². The largest absolute Gasteiger partial charge is 0.573 e. The second-order valence-corrected chi connectivity index (χ2v) is 12.7. The van der Waals surface area contributed by atoms with Gasteiger partial charge in [-0.2, -0.15) is 4.99 Å². The first-order chi connectivity index (χ1) is 22.8. The molecule has 1 N–H and O–H groups in total. The van der Waals surface area contributed by atoms with E-state index in [0.29, 0.717) is 27.8 Å². The molecule has 14 heteroatoms. The number of nitrogens with one attached hydrogen (secondary N) is 1. The third kappa shape index (κ3) is 8.27. The standard InChI is InChI=1S/C34H36F4N6O3S/c1-20(2)28-18-27(46-5)14-15-29(28)44-21(3)16-17-48-33(44)41-32(45)40-22(4)30(35)23-6-8-24(9-7-23)31-39-19-43(42-31)25-10-12-26(13-11-25)47-34(36,37)38/h6-15,18-22,30H,16-17H2,1-5H3,(H,40,45). The minimum Gasteiger partial charge on any atom is -0.497 e. The number of aromatic nitrogens is 3. The fraction of sp³-hybridized carbons (Fsp3) is 0.353. The predicted molar refractivity (Wildman–Crippen MR) is 179 cm³/mol. The number of aliphatic imine (C=N–C) groups is 1. The van der Waals surface area contributed by atoms with E-state index in [1.54, 1.807) is 38.3 Å². The summed E-state index contributed by atoms with van der Waals surface area (Å²) in [6, 6.07) is 16.2. The van der Waals surface area contributed by atoms with Gasteiger partial charge in [0.2, 0.25) is 0 Å². The number of methoxy groups -OCH3 is 1. The summed E-state index contributed by atoms with van der Waals surface area (Å²) < 4.78 is 63.7. The lowest BCUT2D eigenvalue weighted by Gasteiger charge is -2.37. The van der Waals surface area contributed by atoms with Crippen LogP contribution in [-0.2, 0) is 0 Å². The van der Waals surface area contributed by atoms with Crippen molar-refractivity contribution >= 4 is 28.6 Å². The van der Waals surface area contributed by atoms with Gasteiger partial charge in [-0.3, -0.25) is 0 Å². The summed E-state index contributed by atoms with van der Waals surface area (Å²) in [7, 11) is 1.63. The number of alkyl halides is 4. The fourth-order valence-corrected chi connectivity index (χ4v) is 6.49. The highest BCUT2D eigenvalue weighted by Crippen LogP contribution is 2.37. The Kier molecular flexibility index (Phi) is 10.6. The Labute approximate surface area is 280 Å². The molecule has 0 radical (unpaired) electrons. The van der Waals surface area contributed by atoms with Gasteiger partial charge in [0.25, 0.3) is 0 Å². The van der Waals surface area contributed by atoms with Gasteiger partial charge in [0, 0.05) is 23.0 Å². The van der Waals surface area contributed by atoms with Crippen LogP contribution in [0.4, 0.5) is 28.0 Å². The van der Waals surface area contributed by atoms with E-state index in [-0.39, 0.29) is 17.7 Å². The fourth-order valence-electron chi connectivity index (χ4n) is 5.29. The molecule has 48 heavy (non-hydrogen) atoms. The zero-order valence-corrected chi connectivity index (χ0v) is 27.8. The van der Waals surface area contributed by atoms with Crippen molar-refractivity contribution < 1.29 is 31.8 Å². The normalized spacial score (nSPS) is 17.3. The highest BCUT2D eigenvalue weighted by Gasteiger charge is 2.31. The van der Waals surface area contributed by atoms with Crippen molar-refractivity contribution in [1.82, 2.24) is 20.1 Å². The van der Waals surface area contributed by atoms with Crippen molar-refractivity contribution in [2.24, 2.45) is 4.99 Å². The van der Waals surface area contributed by atoms with Crippen molar-refractivity contribution in [2.75, 3.05) is 17.8 Å². The van der Waals surface area contributed by atoms with Crippen LogP contribution < -0.4 is 19.7 Å². The van der Waals surface area contributed by atoms with Gasteiger partial charge in [0.05, 0.1) is 18.8 Å². The summed E-state index contributed by atoms with van der Waals surface area (Å²) in [5.41, 5.74) is 3.47. The SMILES string of the molecule is COc1ccc(N2C(=NC(=O)NC(C)C(F)c3ccc(-c4ncn(-c5ccc(OC(F)(F)F)cc5)n4)cc3)SCCC2C)c(C(C)C)c1. The smallest absolute Gasteiger partial charge is 0.497 e. The van der Waals surface area contributed by atoms with E-state index in [0.717, 1.165) is 29.2 Å². The minimum absolute atomic E-state index is 0.104. The Morgan fingerprint density at radius 1 is 1.04 bits per heavy atom. The van der Waals surface area contributed by atoms with Crippen LogP contribution in [0.15, 0.2) is 78.0 Å². The summed E-state index contributed by atoms with van der Waals surface area (Å²) in [6.07, 6.45) is -3.97. The van der Waals surface area contributed by atoms with E-state index in [4.69, 9.17) is 4.74 Å². The molecule has 0 spiro atoms. The van der Waals surface area contributed by atoms with E-state index in [1.165, 1.54) is 47.0 Å². The van der Waals surface area contributed by atoms with Crippen LogP contribution in [0.25, 0.3) is 17.1 Å². The van der Waals surface area contributed by atoms with E-state index in [9.17, 15) is 18.0 Å². The van der Waals surface area contributed by atoms with Crippen LogP contribution in [0.5, 0.6) is 11.5 Å². The number of nitrogens with zero attached hydrogens (tertiary/aromatic N) is 5. The maximum atomic E-state index is 15.6. The van der Waals surface area contributed by atoms with Crippen molar-refractivity contribution in [3.8, 4) is 28.6 Å². The van der Waals surface area contributed by atoms with Crippen LogP contribution in [0, 0.1) is 0 Å². The number of hydrogen-bond acceptors (Lipinski definition) is 6. The average Bonchev–Trinajstić information content (AvgIpc) is 3.54. The quantitative estimate of drug-likeness (QED) is 0.177. The number of benzene rings is 3. The molecule has 0 bridgehead atoms. The van der Waals surface area contributed by atoms with Crippen LogP contribution in [0.2, 0.25) is 0 Å². The lowest BCUT2D eigenvalue weighted by Crippen LogP contribution is -2.43. The summed E-state index contributed by atoms with van der Waals surface area (Å²) in [5, 5.41) is 7.63. The maximum absolute atomic E-state index is 15.6. The molecule has 3 atom stereocenters. The number of hydrogen-bond donors (Lipinski definition) is 1. The van der Waals surface area contributed by atoms with Gasteiger partial charge in [0.1, 0.15) is 24.0 Å². The number of amides is 2. The molecule has 1 fully saturated rings. The Bertz CT molecular complexity index is 1750. The Morgan fingerprint density at radius 3 is 2.38 bits per heavy atom. The molecule has 1 aliphatic heterocycles. The molecular formula is C34H36F4N6O3S. The maximum Gasteiger partial charge on any atom is 0.573 e. The monoisotopic (exact) mass is 684 g/mol. The highest BCUT2D eigenvalue weighted by atomic mass is 32.2. The van der Waals surface area contributed by atoms with Gasteiger partial charge in [-0.15, -0.1) is 18.3 Å². The van der Waals surface area contributed by atoms with Gasteiger partial charge in [0.15, 0.2) is 11.0 Å². The third-order valence-corrected chi connectivity index (χ3v) is 8.82. The molecule has 9 nitrogen and oxygen atoms in total. The summed E-state index contributed by atoms with van der Waals surface area (Å²) in [4.78, 5) is 23.8. The molecule has 0 aliphatic carbocycles. The topological polar surface area (TPSA) is 93.9 Å². The number of amidine groups is 1. The van der Waals surface area contributed by atoms with E-state index < -0.39 is 24.6 Å². The van der Waals surface area contributed by atoms with Crippen molar-refractivity contribution in [2.45, 2.75) is 64.7 Å². The number of carbonyl (C=O) groups excluding carboxylic acids is 1. The molecule has 254 valence electrons. The average molecular weight is 685 g/mol. The van der Waals surface area contributed by atoms with Crippen LogP contribution in [0.3, 0.4) is 0 Å². The second-order valence-electron chi connectivity index (χ2n) is 11.6. The summed E-state index contributed by atoms with van der Waals surface area (Å²) in [6.45, 7) is 7.88. The van der Waals surface area contributed by atoms with Crippen LogP contribution in [0.1, 0.15) is 57.3 Å². The van der Waals surface area contributed by atoms with E-state index in [1.807, 2.05) is 18.2 Å². The van der Waals surface area contributed by atoms with Crippen LogP contribution >= 0.6 is 11.8 Å². The molecule has 5 rings (SSSR count). The molecule has 3 aromatic carbocycles. The van der Waals surface area contributed by atoms with E-state index >= 15 is 4.39 Å². The Hall–Kier alpha value is -4.59. The van der Waals surface area contributed by atoms with Gasteiger partial charge in [-0.1, -0.05) is 49.9 Å². The number of urea groups is 1. The first-order valence-corrected chi connectivity index (χ1v) is 16.3. The molecule has 0 saturated carbocycles. The Morgan fingerprint density at radius 2 is 1.73 bits per heavy atom. The second kappa shape index (κ2) is 14.7. The van der Waals surface area contributed by atoms with Gasteiger partial charge >= 0.3 is 12.4 Å². The number of thioether (sulfide) groups is 1. The first kappa shape index (κ1) is 34.7. The molecular weight excluding hydrogens is 648 g/mol. The molecule has 1 aliphatic rings. The first-order valence-electron chi connectivity index (χ1n) is 15.3. The summed E-state index contributed by atoms with van der Waals surface area (Å²) >= 11 is 1.49. The van der Waals surface area contributed by atoms with Gasteiger partial charge in [-0.25, -0.2) is 18.9 Å².